The molecule has 1 saturated heterocycles. The molecule has 2 aromatic carbocycles. The number of pyridine rings is 1. The third kappa shape index (κ3) is 4.36. The number of piperazine rings is 1. The molecule has 0 unspecified atom stereocenters. The molecule has 0 spiro atoms. The van der Waals surface area contributed by atoms with Gasteiger partial charge >= 0.3 is 0 Å². The van der Waals surface area contributed by atoms with Crippen molar-refractivity contribution in [3.05, 3.63) is 54.6 Å². The van der Waals surface area contributed by atoms with Crippen molar-refractivity contribution < 1.29 is 9.84 Å². The van der Waals surface area contributed by atoms with Gasteiger partial charge in [-0.05, 0) is 49.2 Å². The van der Waals surface area contributed by atoms with Crippen molar-refractivity contribution >= 4 is 16.6 Å². The highest BCUT2D eigenvalue weighted by atomic mass is 16.5. The molecule has 0 radical (unpaired) electrons. The fourth-order valence-electron chi connectivity index (χ4n) is 3.82. The first-order chi connectivity index (χ1) is 14.2. The van der Waals surface area contributed by atoms with Crippen molar-refractivity contribution in [1.82, 2.24) is 9.88 Å². The Morgan fingerprint density at radius 1 is 1.03 bits per heavy atom. The molecule has 1 fully saturated rings. The Balaban J connectivity index is 1.67. The smallest absolute Gasteiger partial charge is 0.137 e. The first-order valence-corrected chi connectivity index (χ1v) is 10.4. The first-order valence-electron chi connectivity index (χ1n) is 10.4. The van der Waals surface area contributed by atoms with Crippen LogP contribution in [0.3, 0.4) is 0 Å². The highest BCUT2D eigenvalue weighted by Crippen LogP contribution is 2.31. The van der Waals surface area contributed by atoms with Crippen molar-refractivity contribution in [2.45, 2.75) is 20.0 Å². The zero-order valence-corrected chi connectivity index (χ0v) is 17.2. The van der Waals surface area contributed by atoms with Crippen LogP contribution >= 0.6 is 0 Å². The minimum Gasteiger partial charge on any atom is -0.488 e. The molecule has 0 aliphatic carbocycles. The van der Waals surface area contributed by atoms with Crippen molar-refractivity contribution in [1.29, 1.82) is 0 Å². The predicted molar refractivity (Wildman–Crippen MR) is 119 cm³/mol. The maximum atomic E-state index is 9.17. The number of anilines is 1. The Morgan fingerprint density at radius 2 is 1.76 bits per heavy atom. The second-order valence-corrected chi connectivity index (χ2v) is 7.61. The second kappa shape index (κ2) is 8.80. The van der Waals surface area contributed by atoms with Crippen LogP contribution in [0, 0.1) is 0 Å². The maximum absolute atomic E-state index is 9.17. The lowest BCUT2D eigenvalue weighted by Crippen LogP contribution is -2.46. The molecule has 5 heteroatoms. The molecule has 4 rings (SSSR count). The van der Waals surface area contributed by atoms with Gasteiger partial charge in [0, 0.05) is 37.1 Å². The number of rotatable bonds is 6. The molecule has 1 N–H and O–H groups in total. The average molecular weight is 392 g/mol. The second-order valence-electron chi connectivity index (χ2n) is 7.61. The molecule has 3 aromatic rings. The largest absolute Gasteiger partial charge is 0.488 e. The highest BCUT2D eigenvalue weighted by Gasteiger charge is 2.19. The summed E-state index contributed by atoms with van der Waals surface area (Å²) in [5.74, 6) is 1.83. The molecule has 1 aliphatic heterocycles. The summed E-state index contributed by atoms with van der Waals surface area (Å²) in [6, 6.07) is 18.6. The lowest BCUT2D eigenvalue weighted by Gasteiger charge is -2.35. The summed E-state index contributed by atoms with van der Waals surface area (Å²) in [4.78, 5) is 9.97. The monoisotopic (exact) mass is 391 g/mol. The fourth-order valence-corrected chi connectivity index (χ4v) is 3.82. The number of aromatic nitrogens is 1. The lowest BCUT2D eigenvalue weighted by molar-refractivity contribution is 0.130. The van der Waals surface area contributed by atoms with Gasteiger partial charge in [-0.25, -0.2) is 4.98 Å². The van der Waals surface area contributed by atoms with Gasteiger partial charge in [-0.1, -0.05) is 31.2 Å². The van der Waals surface area contributed by atoms with E-state index in [9.17, 15) is 5.11 Å². The van der Waals surface area contributed by atoms with Crippen LogP contribution in [0.25, 0.3) is 22.0 Å². The quantitative estimate of drug-likeness (QED) is 0.693. The minimum atomic E-state index is -0.215. The van der Waals surface area contributed by atoms with Crippen LogP contribution in [0.1, 0.15) is 13.8 Å². The summed E-state index contributed by atoms with van der Waals surface area (Å²) < 4.78 is 5.68. The zero-order valence-electron chi connectivity index (χ0n) is 17.2. The SMILES string of the molecule is CCN1CCN(c2nc(-c3ccc(O[C@@H](C)CO)cc3)cc3ccccc23)CC1. The van der Waals surface area contributed by atoms with Gasteiger partial charge in [0.1, 0.15) is 17.7 Å². The number of ether oxygens (including phenoxy) is 1. The number of likely N-dealkylation sites (N-methyl/N-ethyl adjacent to an activating group) is 1. The number of fused-ring (bicyclic) bond motifs is 1. The van der Waals surface area contributed by atoms with Crippen LogP contribution in [0.2, 0.25) is 0 Å². The third-order valence-electron chi connectivity index (χ3n) is 5.58. The Kier molecular flexibility index (Phi) is 5.97. The van der Waals surface area contributed by atoms with Crippen LogP contribution in [0.4, 0.5) is 5.82 Å². The predicted octanol–water partition coefficient (Wildman–Crippen LogP) is 3.80. The summed E-state index contributed by atoms with van der Waals surface area (Å²) in [6.45, 7) is 9.33. The molecule has 152 valence electrons. The summed E-state index contributed by atoms with van der Waals surface area (Å²) in [6.07, 6.45) is -0.215. The number of aliphatic hydroxyl groups is 1. The number of benzene rings is 2. The topological polar surface area (TPSA) is 48.8 Å². The molecule has 29 heavy (non-hydrogen) atoms. The zero-order chi connectivity index (χ0) is 20.2. The van der Waals surface area contributed by atoms with E-state index in [2.05, 4.69) is 47.1 Å². The van der Waals surface area contributed by atoms with Gasteiger partial charge in [-0.3, -0.25) is 0 Å². The molecule has 1 aromatic heterocycles. The third-order valence-corrected chi connectivity index (χ3v) is 5.58. The molecule has 1 atom stereocenters. The van der Waals surface area contributed by atoms with Crippen LogP contribution in [0.15, 0.2) is 54.6 Å². The summed E-state index contributed by atoms with van der Waals surface area (Å²) in [5, 5.41) is 11.6. The maximum Gasteiger partial charge on any atom is 0.137 e. The Hall–Kier alpha value is -2.63. The van der Waals surface area contributed by atoms with Crippen molar-refractivity contribution in [2.24, 2.45) is 0 Å². The van der Waals surface area contributed by atoms with Crippen LogP contribution in [-0.4, -0.2) is 60.4 Å². The molecular formula is C24H29N3O2. The van der Waals surface area contributed by atoms with E-state index in [1.165, 1.54) is 10.8 Å². The van der Waals surface area contributed by atoms with E-state index in [0.717, 1.165) is 55.5 Å². The standard InChI is InChI=1S/C24H29N3O2/c1-3-26-12-14-27(15-13-26)24-22-7-5-4-6-20(22)16-23(25-24)19-8-10-21(11-9-19)29-18(2)17-28/h4-11,16,18,28H,3,12-15,17H2,1-2H3/t18-/m0/s1. The Morgan fingerprint density at radius 3 is 2.45 bits per heavy atom. The summed E-state index contributed by atoms with van der Waals surface area (Å²) in [5.41, 5.74) is 2.03. The van der Waals surface area contributed by atoms with Crippen molar-refractivity contribution in [2.75, 3.05) is 44.2 Å². The fraction of sp³-hybridized carbons (Fsp3) is 0.375. The number of hydrogen-bond acceptors (Lipinski definition) is 5. The van der Waals surface area contributed by atoms with E-state index in [-0.39, 0.29) is 12.7 Å². The molecule has 2 heterocycles. The molecule has 5 nitrogen and oxygen atoms in total. The highest BCUT2D eigenvalue weighted by molar-refractivity contribution is 5.95. The molecular weight excluding hydrogens is 362 g/mol. The van der Waals surface area contributed by atoms with E-state index in [4.69, 9.17) is 9.72 Å². The van der Waals surface area contributed by atoms with Crippen LogP contribution in [-0.2, 0) is 0 Å². The molecule has 1 aliphatic rings. The van der Waals surface area contributed by atoms with Gasteiger partial charge in [0.25, 0.3) is 0 Å². The van der Waals surface area contributed by atoms with E-state index < -0.39 is 0 Å². The van der Waals surface area contributed by atoms with E-state index in [0.29, 0.717) is 0 Å². The number of hydrogen-bond donors (Lipinski definition) is 1. The van der Waals surface area contributed by atoms with Crippen molar-refractivity contribution in [3.8, 4) is 17.0 Å². The molecule has 0 bridgehead atoms. The average Bonchev–Trinajstić information content (AvgIpc) is 2.79. The van der Waals surface area contributed by atoms with Gasteiger partial charge in [0.2, 0.25) is 0 Å². The minimum absolute atomic E-state index is 0.00262. The number of aliphatic hydroxyl groups excluding tert-OH is 1. The van der Waals surface area contributed by atoms with Crippen LogP contribution < -0.4 is 9.64 Å². The summed E-state index contributed by atoms with van der Waals surface area (Å²) >= 11 is 0. The van der Waals surface area contributed by atoms with Crippen molar-refractivity contribution in [3.63, 3.8) is 0 Å². The van der Waals surface area contributed by atoms with Gasteiger partial charge in [-0.15, -0.1) is 0 Å². The Labute approximate surface area is 172 Å². The normalized spacial score (nSPS) is 16.2. The van der Waals surface area contributed by atoms with Gasteiger partial charge in [0.15, 0.2) is 0 Å². The van der Waals surface area contributed by atoms with Gasteiger partial charge in [0.05, 0.1) is 12.3 Å². The van der Waals surface area contributed by atoms with Gasteiger partial charge in [-0.2, -0.15) is 0 Å². The molecule has 0 saturated carbocycles. The lowest BCUT2D eigenvalue weighted by atomic mass is 10.1. The number of nitrogens with zero attached hydrogens (tertiary/aromatic N) is 3. The van der Waals surface area contributed by atoms with Crippen LogP contribution in [0.5, 0.6) is 5.75 Å². The first kappa shape index (κ1) is 19.7. The van der Waals surface area contributed by atoms with E-state index in [1.807, 2.05) is 31.2 Å². The van der Waals surface area contributed by atoms with E-state index >= 15 is 0 Å². The van der Waals surface area contributed by atoms with E-state index in [1.54, 1.807) is 0 Å². The molecule has 0 amide bonds. The summed E-state index contributed by atoms with van der Waals surface area (Å²) in [7, 11) is 0. The Bertz CT molecular complexity index is 950. The van der Waals surface area contributed by atoms with Gasteiger partial charge < -0.3 is 19.6 Å².